The Labute approximate surface area is 145 Å². The van der Waals surface area contributed by atoms with Crippen LogP contribution in [0.15, 0.2) is 48.5 Å². The fourth-order valence-electron chi connectivity index (χ4n) is 4.78. The van der Waals surface area contributed by atoms with Crippen LogP contribution in [0.25, 0.3) is 0 Å². The number of nitrogens with zero attached hydrogens (tertiary/aromatic N) is 1. The second-order valence-electron chi connectivity index (χ2n) is 7.69. The minimum absolute atomic E-state index is 0.283. The van der Waals surface area contributed by atoms with Gasteiger partial charge in [-0.3, -0.25) is 0 Å². The van der Waals surface area contributed by atoms with E-state index in [0.717, 1.165) is 13.2 Å². The fourth-order valence-corrected chi connectivity index (χ4v) is 4.78. The highest BCUT2D eigenvalue weighted by Crippen LogP contribution is 2.55. The van der Waals surface area contributed by atoms with Crippen molar-refractivity contribution in [1.29, 1.82) is 0 Å². The van der Waals surface area contributed by atoms with Crippen molar-refractivity contribution >= 4 is 0 Å². The highest BCUT2D eigenvalue weighted by atomic mass is 16.5. The molecular formula is C22H27NO. The van der Waals surface area contributed by atoms with Crippen LogP contribution in [0.4, 0.5) is 0 Å². The van der Waals surface area contributed by atoms with Gasteiger partial charge < -0.3 is 9.64 Å². The zero-order valence-electron chi connectivity index (χ0n) is 14.9. The Morgan fingerprint density at radius 2 is 1.50 bits per heavy atom. The zero-order chi connectivity index (χ0) is 16.7. The lowest BCUT2D eigenvalue weighted by molar-refractivity contribution is 0.0165. The summed E-state index contributed by atoms with van der Waals surface area (Å²) < 4.78 is 6.23. The van der Waals surface area contributed by atoms with E-state index in [-0.39, 0.29) is 6.10 Å². The van der Waals surface area contributed by atoms with Crippen LogP contribution in [0, 0.1) is 5.92 Å². The van der Waals surface area contributed by atoms with Gasteiger partial charge in [-0.05, 0) is 55.6 Å². The quantitative estimate of drug-likeness (QED) is 0.816. The van der Waals surface area contributed by atoms with Crippen molar-refractivity contribution in [3.63, 3.8) is 0 Å². The third-order valence-electron chi connectivity index (χ3n) is 5.64. The van der Waals surface area contributed by atoms with Gasteiger partial charge in [0, 0.05) is 18.4 Å². The molecule has 0 saturated carbocycles. The Bertz CT molecular complexity index is 676. The molecule has 3 aliphatic rings. The number of benzene rings is 2. The van der Waals surface area contributed by atoms with Crippen molar-refractivity contribution in [1.82, 2.24) is 4.90 Å². The summed E-state index contributed by atoms with van der Waals surface area (Å²) in [6, 6.07) is 18.1. The van der Waals surface area contributed by atoms with E-state index in [9.17, 15) is 0 Å². The predicted octanol–water partition coefficient (Wildman–Crippen LogP) is 4.25. The van der Waals surface area contributed by atoms with Gasteiger partial charge in [0.25, 0.3) is 0 Å². The lowest BCUT2D eigenvalue weighted by atomic mass is 9.59. The molecule has 2 unspecified atom stereocenters. The maximum absolute atomic E-state index is 6.23. The molecule has 0 spiro atoms. The summed E-state index contributed by atoms with van der Waals surface area (Å²) in [5.41, 5.74) is 6.14. The minimum atomic E-state index is 0.283. The van der Waals surface area contributed by atoms with Gasteiger partial charge in [0.15, 0.2) is 0 Å². The van der Waals surface area contributed by atoms with Crippen molar-refractivity contribution in [2.75, 3.05) is 27.2 Å². The number of likely N-dealkylation sites (N-methyl/N-ethyl adjacent to an activating group) is 1. The summed E-state index contributed by atoms with van der Waals surface area (Å²) in [5, 5.41) is 0. The second-order valence-corrected chi connectivity index (χ2v) is 7.69. The molecule has 0 amide bonds. The molecule has 2 heteroatoms. The lowest BCUT2D eigenvalue weighted by Gasteiger charge is -2.45. The third-order valence-corrected chi connectivity index (χ3v) is 5.64. The van der Waals surface area contributed by atoms with E-state index in [1.165, 1.54) is 17.5 Å². The molecule has 0 aromatic heterocycles. The van der Waals surface area contributed by atoms with E-state index in [2.05, 4.69) is 74.4 Å². The van der Waals surface area contributed by atoms with E-state index in [1.807, 2.05) is 0 Å². The maximum Gasteiger partial charge on any atom is 0.0673 e. The molecule has 5 rings (SSSR count). The first kappa shape index (κ1) is 15.9. The van der Waals surface area contributed by atoms with Gasteiger partial charge in [-0.2, -0.15) is 0 Å². The molecule has 126 valence electrons. The molecule has 2 aromatic carbocycles. The smallest absolute Gasteiger partial charge is 0.0673 e. The zero-order valence-corrected chi connectivity index (χ0v) is 14.9. The molecule has 2 aromatic rings. The molecule has 0 saturated heterocycles. The molecule has 3 aliphatic carbocycles. The third kappa shape index (κ3) is 2.68. The Morgan fingerprint density at radius 3 is 2.04 bits per heavy atom. The highest BCUT2D eigenvalue weighted by molar-refractivity contribution is 5.55. The molecule has 0 fully saturated rings. The number of rotatable bonds is 5. The van der Waals surface area contributed by atoms with Gasteiger partial charge in [-0.1, -0.05) is 48.5 Å². The Balaban J connectivity index is 1.61. The summed E-state index contributed by atoms with van der Waals surface area (Å²) in [7, 11) is 4.21. The molecule has 0 aliphatic heterocycles. The maximum atomic E-state index is 6.23. The molecule has 0 heterocycles. The van der Waals surface area contributed by atoms with Crippen LogP contribution in [0.2, 0.25) is 0 Å². The van der Waals surface area contributed by atoms with Crippen molar-refractivity contribution in [2.45, 2.75) is 31.3 Å². The number of hydrogen-bond donors (Lipinski definition) is 0. The Morgan fingerprint density at radius 1 is 0.958 bits per heavy atom. The summed E-state index contributed by atoms with van der Waals surface area (Å²) in [6.07, 6.45) is 1.50. The van der Waals surface area contributed by atoms with Crippen molar-refractivity contribution in [3.8, 4) is 0 Å². The van der Waals surface area contributed by atoms with E-state index in [0.29, 0.717) is 17.8 Å². The van der Waals surface area contributed by atoms with E-state index < -0.39 is 0 Å². The molecule has 2 bridgehead atoms. The summed E-state index contributed by atoms with van der Waals surface area (Å²) in [6.45, 7) is 4.02. The van der Waals surface area contributed by atoms with Crippen LogP contribution < -0.4 is 0 Å². The van der Waals surface area contributed by atoms with Crippen molar-refractivity contribution in [3.05, 3.63) is 70.8 Å². The van der Waals surface area contributed by atoms with E-state index in [4.69, 9.17) is 4.74 Å². The van der Waals surface area contributed by atoms with Gasteiger partial charge in [-0.25, -0.2) is 0 Å². The minimum Gasteiger partial charge on any atom is -0.377 e. The second kappa shape index (κ2) is 6.34. The average Bonchev–Trinajstić information content (AvgIpc) is 2.59. The van der Waals surface area contributed by atoms with Gasteiger partial charge in [0.2, 0.25) is 0 Å². The number of ether oxygens (including phenoxy) is 1. The van der Waals surface area contributed by atoms with E-state index in [1.54, 1.807) is 11.1 Å². The molecule has 24 heavy (non-hydrogen) atoms. The van der Waals surface area contributed by atoms with Crippen LogP contribution in [-0.2, 0) is 4.74 Å². The summed E-state index contributed by atoms with van der Waals surface area (Å²) >= 11 is 0. The van der Waals surface area contributed by atoms with Gasteiger partial charge in [0.05, 0.1) is 12.7 Å². The first-order valence-electron chi connectivity index (χ1n) is 9.09. The van der Waals surface area contributed by atoms with Crippen molar-refractivity contribution < 1.29 is 4.74 Å². The average molecular weight is 321 g/mol. The van der Waals surface area contributed by atoms with E-state index >= 15 is 0 Å². The first-order valence-corrected chi connectivity index (χ1v) is 9.09. The van der Waals surface area contributed by atoms with Crippen LogP contribution in [0.5, 0.6) is 0 Å². The van der Waals surface area contributed by atoms with Crippen LogP contribution >= 0.6 is 0 Å². The Hall–Kier alpha value is -1.64. The lowest BCUT2D eigenvalue weighted by Crippen LogP contribution is -2.36. The van der Waals surface area contributed by atoms with Gasteiger partial charge in [0.1, 0.15) is 0 Å². The molecule has 2 atom stereocenters. The molecule has 2 nitrogen and oxygen atoms in total. The largest absolute Gasteiger partial charge is 0.377 e. The predicted molar refractivity (Wildman–Crippen MR) is 98.6 cm³/mol. The number of fused-ring (bicyclic) bond motifs is 1. The topological polar surface area (TPSA) is 12.5 Å². The van der Waals surface area contributed by atoms with Gasteiger partial charge in [-0.15, -0.1) is 0 Å². The van der Waals surface area contributed by atoms with Crippen LogP contribution in [-0.4, -0.2) is 38.3 Å². The Kier molecular flexibility index (Phi) is 4.19. The van der Waals surface area contributed by atoms with Crippen LogP contribution in [0.1, 0.15) is 47.4 Å². The molecule has 0 radical (unpaired) electrons. The highest BCUT2D eigenvalue weighted by Gasteiger charge is 2.43. The molecule has 0 N–H and O–H groups in total. The van der Waals surface area contributed by atoms with Gasteiger partial charge >= 0.3 is 0 Å². The standard InChI is InChI=1S/C22H27NO/c1-15(13-23(2)3)24-14-16-12-21-17-8-4-6-10-19(17)22(16)20-11-7-5-9-18(20)21/h4-11,15-16,21-22H,12-14H2,1-3H3. The van der Waals surface area contributed by atoms with Crippen LogP contribution in [0.3, 0.4) is 0 Å². The van der Waals surface area contributed by atoms with Crippen molar-refractivity contribution in [2.24, 2.45) is 5.92 Å². The molecular weight excluding hydrogens is 294 g/mol. The fraction of sp³-hybridized carbons (Fsp3) is 0.455. The normalized spacial score (nSPS) is 25.4. The monoisotopic (exact) mass is 321 g/mol. The SMILES string of the molecule is CC(CN(C)C)OCC1CC2c3ccccc3C1c1ccccc12. The summed E-state index contributed by atoms with van der Waals surface area (Å²) in [5.74, 6) is 1.62. The summed E-state index contributed by atoms with van der Waals surface area (Å²) in [4.78, 5) is 2.20. The first-order chi connectivity index (χ1) is 11.6. The number of hydrogen-bond acceptors (Lipinski definition) is 2.